The molecular formula is C19H33ClIN5O2S. The van der Waals surface area contributed by atoms with Crippen LogP contribution in [0.1, 0.15) is 26.3 Å². The summed E-state index contributed by atoms with van der Waals surface area (Å²) in [5, 5.41) is 4.09. The zero-order valence-electron chi connectivity index (χ0n) is 17.6. The zero-order chi connectivity index (χ0) is 20.8. The molecule has 1 saturated heterocycles. The van der Waals surface area contributed by atoms with E-state index in [1.165, 1.54) is 11.8 Å². The summed E-state index contributed by atoms with van der Waals surface area (Å²) in [4.78, 5) is 9.32. The second-order valence-corrected chi connectivity index (χ2v) is 10.0. The Bertz CT molecular complexity index is 781. The summed E-state index contributed by atoms with van der Waals surface area (Å²) in [7, 11) is -3.28. The highest BCUT2D eigenvalue weighted by Crippen LogP contribution is 2.14. The van der Waals surface area contributed by atoms with Gasteiger partial charge in [0.1, 0.15) is 0 Å². The van der Waals surface area contributed by atoms with E-state index >= 15 is 0 Å². The monoisotopic (exact) mass is 557 g/mol. The van der Waals surface area contributed by atoms with Crippen molar-refractivity contribution in [2.45, 2.75) is 32.9 Å². The summed E-state index contributed by atoms with van der Waals surface area (Å²) in [6, 6.07) is 7.98. The van der Waals surface area contributed by atoms with Crippen LogP contribution < -0.4 is 10.0 Å². The first-order valence-electron chi connectivity index (χ1n) is 9.57. The number of aliphatic imine (C=N–C) groups is 1. The molecule has 1 aliphatic rings. The number of hydrogen-bond donors (Lipinski definition) is 2. The Morgan fingerprint density at radius 2 is 1.90 bits per heavy atom. The van der Waals surface area contributed by atoms with Gasteiger partial charge in [-0.3, -0.25) is 9.89 Å². The molecule has 0 radical (unpaired) electrons. The lowest BCUT2D eigenvalue weighted by molar-refractivity contribution is 0.172. The summed E-state index contributed by atoms with van der Waals surface area (Å²) in [5.41, 5.74) is 0.581. The van der Waals surface area contributed by atoms with Crippen molar-refractivity contribution < 1.29 is 8.42 Å². The fourth-order valence-electron chi connectivity index (χ4n) is 3.24. The highest BCUT2D eigenvalue weighted by molar-refractivity contribution is 14.0. The number of halogens is 2. The van der Waals surface area contributed by atoms with Crippen molar-refractivity contribution in [1.29, 1.82) is 0 Å². The number of nitrogens with one attached hydrogen (secondary N) is 2. The van der Waals surface area contributed by atoms with E-state index in [0.29, 0.717) is 6.54 Å². The van der Waals surface area contributed by atoms with Crippen LogP contribution in [0, 0.1) is 0 Å². The van der Waals surface area contributed by atoms with Gasteiger partial charge >= 0.3 is 0 Å². The van der Waals surface area contributed by atoms with Crippen LogP contribution in [-0.4, -0.2) is 75.2 Å². The average molecular weight is 558 g/mol. The molecule has 0 spiro atoms. The Balaban J connectivity index is 0.00000420. The first-order chi connectivity index (χ1) is 13.1. The first kappa shape index (κ1) is 26.4. The Kier molecular flexibility index (Phi) is 10.6. The van der Waals surface area contributed by atoms with Crippen LogP contribution in [0.15, 0.2) is 29.3 Å². The van der Waals surface area contributed by atoms with E-state index in [1.807, 2.05) is 39.0 Å². The molecule has 1 aromatic rings. The summed E-state index contributed by atoms with van der Waals surface area (Å²) >= 11 is 6.08. The Labute approximate surface area is 197 Å². The third-order valence-corrected chi connectivity index (χ3v) is 5.55. The standard InChI is InChI=1S/C19H32ClN5O2S.HI/c1-5-21-18(22-15-19(2,3)23-28(4,26)27)25-11-9-24(10-12-25)14-16-7-6-8-17(20)13-16;/h6-8,13,23H,5,9-12,14-15H2,1-4H3,(H,21,22);1H. The summed E-state index contributed by atoms with van der Waals surface area (Å²) in [6.45, 7) is 11.3. The fraction of sp³-hybridized carbons (Fsp3) is 0.632. The van der Waals surface area contributed by atoms with Crippen LogP contribution in [0.3, 0.4) is 0 Å². The molecule has 1 aliphatic heterocycles. The van der Waals surface area contributed by atoms with Gasteiger partial charge in [-0.1, -0.05) is 23.7 Å². The van der Waals surface area contributed by atoms with Crippen molar-refractivity contribution in [3.05, 3.63) is 34.9 Å². The van der Waals surface area contributed by atoms with Gasteiger partial charge in [-0.15, -0.1) is 24.0 Å². The van der Waals surface area contributed by atoms with Gasteiger partial charge in [-0.05, 0) is 38.5 Å². The highest BCUT2D eigenvalue weighted by atomic mass is 127. The molecule has 0 bridgehead atoms. The van der Waals surface area contributed by atoms with Gasteiger partial charge in [0.15, 0.2) is 5.96 Å². The lowest BCUT2D eigenvalue weighted by Gasteiger charge is -2.37. The molecule has 166 valence electrons. The first-order valence-corrected chi connectivity index (χ1v) is 11.8. The number of guanidine groups is 1. The topological polar surface area (TPSA) is 77.0 Å². The largest absolute Gasteiger partial charge is 0.357 e. The minimum Gasteiger partial charge on any atom is -0.357 e. The van der Waals surface area contributed by atoms with Crippen LogP contribution in [0.2, 0.25) is 5.02 Å². The molecule has 0 saturated carbocycles. The quantitative estimate of drug-likeness (QED) is 0.306. The van der Waals surface area contributed by atoms with Gasteiger partial charge in [-0.25, -0.2) is 13.1 Å². The van der Waals surface area contributed by atoms with Gasteiger partial charge in [0, 0.05) is 49.8 Å². The highest BCUT2D eigenvalue weighted by Gasteiger charge is 2.24. The van der Waals surface area contributed by atoms with Crippen molar-refractivity contribution in [3.63, 3.8) is 0 Å². The van der Waals surface area contributed by atoms with E-state index < -0.39 is 15.6 Å². The van der Waals surface area contributed by atoms with Crippen molar-refractivity contribution in [3.8, 4) is 0 Å². The van der Waals surface area contributed by atoms with E-state index in [4.69, 9.17) is 11.6 Å². The molecular weight excluding hydrogens is 525 g/mol. The van der Waals surface area contributed by atoms with E-state index in [2.05, 4.69) is 30.9 Å². The predicted octanol–water partition coefficient (Wildman–Crippen LogP) is 2.37. The number of rotatable bonds is 7. The second-order valence-electron chi connectivity index (χ2n) is 7.82. The third kappa shape index (κ3) is 9.82. The van der Waals surface area contributed by atoms with E-state index in [-0.39, 0.29) is 24.0 Å². The number of sulfonamides is 1. The zero-order valence-corrected chi connectivity index (χ0v) is 21.5. The van der Waals surface area contributed by atoms with Crippen LogP contribution in [0.4, 0.5) is 0 Å². The second kappa shape index (κ2) is 11.7. The summed E-state index contributed by atoms with van der Waals surface area (Å²) in [6.07, 6.45) is 1.17. The van der Waals surface area contributed by atoms with Gasteiger partial charge in [-0.2, -0.15) is 0 Å². The van der Waals surface area contributed by atoms with Crippen LogP contribution in [0.5, 0.6) is 0 Å². The molecule has 0 amide bonds. The number of benzene rings is 1. The van der Waals surface area contributed by atoms with Crippen molar-refractivity contribution in [1.82, 2.24) is 19.8 Å². The minimum absolute atomic E-state index is 0. The smallest absolute Gasteiger partial charge is 0.209 e. The molecule has 0 atom stereocenters. The number of piperazine rings is 1. The normalized spacial score (nSPS) is 16.4. The predicted molar refractivity (Wildman–Crippen MR) is 132 cm³/mol. The maximum atomic E-state index is 11.5. The molecule has 10 heteroatoms. The lowest BCUT2D eigenvalue weighted by atomic mass is 10.1. The summed E-state index contributed by atoms with van der Waals surface area (Å²) in [5.74, 6) is 0.827. The Morgan fingerprint density at radius 1 is 1.24 bits per heavy atom. The molecule has 1 fully saturated rings. The van der Waals surface area contributed by atoms with E-state index in [9.17, 15) is 8.42 Å². The molecule has 1 aromatic carbocycles. The SMILES string of the molecule is CCNC(=NCC(C)(C)NS(C)(=O)=O)N1CCN(Cc2cccc(Cl)c2)CC1.I. The van der Waals surface area contributed by atoms with E-state index in [1.54, 1.807) is 0 Å². The van der Waals surface area contributed by atoms with Gasteiger partial charge in [0.2, 0.25) is 10.0 Å². The summed E-state index contributed by atoms with van der Waals surface area (Å²) < 4.78 is 25.7. The lowest BCUT2D eigenvalue weighted by Crippen LogP contribution is -2.53. The van der Waals surface area contributed by atoms with Gasteiger partial charge in [0.05, 0.1) is 12.8 Å². The average Bonchev–Trinajstić information content (AvgIpc) is 2.57. The molecule has 7 nitrogen and oxygen atoms in total. The van der Waals surface area contributed by atoms with Crippen molar-refractivity contribution >= 4 is 51.6 Å². The maximum absolute atomic E-state index is 11.5. The Hall–Kier alpha value is -0.620. The van der Waals surface area contributed by atoms with Gasteiger partial charge < -0.3 is 10.2 Å². The van der Waals surface area contributed by atoms with Crippen molar-refractivity contribution in [2.75, 3.05) is 45.5 Å². The number of hydrogen-bond acceptors (Lipinski definition) is 4. The molecule has 2 rings (SSSR count). The van der Waals surface area contributed by atoms with E-state index in [0.717, 1.165) is 50.3 Å². The van der Waals surface area contributed by atoms with Crippen LogP contribution in [-0.2, 0) is 16.6 Å². The number of nitrogens with zero attached hydrogens (tertiary/aromatic N) is 3. The van der Waals surface area contributed by atoms with Crippen LogP contribution >= 0.6 is 35.6 Å². The molecule has 0 aliphatic carbocycles. The molecule has 1 heterocycles. The maximum Gasteiger partial charge on any atom is 0.209 e. The third-order valence-electron chi connectivity index (χ3n) is 4.39. The molecule has 29 heavy (non-hydrogen) atoms. The Morgan fingerprint density at radius 3 is 2.45 bits per heavy atom. The van der Waals surface area contributed by atoms with Gasteiger partial charge in [0.25, 0.3) is 0 Å². The van der Waals surface area contributed by atoms with Crippen LogP contribution in [0.25, 0.3) is 0 Å². The molecule has 0 unspecified atom stereocenters. The van der Waals surface area contributed by atoms with Crippen molar-refractivity contribution in [2.24, 2.45) is 4.99 Å². The molecule has 0 aromatic heterocycles. The fourth-order valence-corrected chi connectivity index (χ4v) is 4.53. The minimum atomic E-state index is -3.28. The molecule has 2 N–H and O–H groups in total.